The van der Waals surface area contributed by atoms with Gasteiger partial charge in [-0.25, -0.2) is 0 Å². The second-order valence-corrected chi connectivity index (χ2v) is 8.28. The predicted octanol–water partition coefficient (Wildman–Crippen LogP) is 4.81. The largest absolute Gasteiger partial charge is 0.497 e. The molecular formula is C26H28N2O5S. The average molecular weight is 481 g/mol. The summed E-state index contributed by atoms with van der Waals surface area (Å²) in [5.74, 6) is 1.05. The number of carbonyl (C=O) groups is 2. The monoisotopic (exact) mass is 480 g/mol. The van der Waals surface area contributed by atoms with Crippen molar-refractivity contribution in [2.24, 2.45) is 0 Å². The Hall–Kier alpha value is -3.78. The minimum absolute atomic E-state index is 0.155. The van der Waals surface area contributed by atoms with Gasteiger partial charge in [-0.2, -0.15) is 0 Å². The van der Waals surface area contributed by atoms with E-state index in [1.807, 2.05) is 36.6 Å². The Balaban J connectivity index is 1.84. The van der Waals surface area contributed by atoms with Crippen LogP contribution in [0.3, 0.4) is 0 Å². The highest BCUT2D eigenvalue weighted by Crippen LogP contribution is 2.31. The molecular weight excluding hydrogens is 452 g/mol. The molecule has 2 N–H and O–H groups in total. The van der Waals surface area contributed by atoms with E-state index in [9.17, 15) is 9.59 Å². The summed E-state index contributed by atoms with van der Waals surface area (Å²) in [4.78, 5) is 27.0. The minimum atomic E-state index is -0.392. The molecule has 0 saturated carbocycles. The molecule has 3 aromatic rings. The molecule has 0 aliphatic carbocycles. The van der Waals surface area contributed by atoms with Gasteiger partial charge in [0.25, 0.3) is 11.8 Å². The van der Waals surface area contributed by atoms with Crippen molar-refractivity contribution in [1.82, 2.24) is 10.6 Å². The molecule has 0 spiro atoms. The molecule has 2 amide bonds. The Morgan fingerprint density at radius 3 is 2.29 bits per heavy atom. The van der Waals surface area contributed by atoms with Crippen molar-refractivity contribution in [1.29, 1.82) is 0 Å². The van der Waals surface area contributed by atoms with E-state index in [0.717, 1.165) is 10.4 Å². The first-order valence-electron chi connectivity index (χ1n) is 10.7. The first kappa shape index (κ1) is 24.9. The van der Waals surface area contributed by atoms with Gasteiger partial charge in [-0.1, -0.05) is 19.1 Å². The molecule has 1 unspecified atom stereocenters. The molecule has 34 heavy (non-hydrogen) atoms. The predicted molar refractivity (Wildman–Crippen MR) is 133 cm³/mol. The Labute approximate surface area is 203 Å². The first-order chi connectivity index (χ1) is 16.5. The zero-order valence-corrected chi connectivity index (χ0v) is 20.4. The fourth-order valence-corrected chi connectivity index (χ4v) is 3.99. The van der Waals surface area contributed by atoms with Crippen molar-refractivity contribution in [3.63, 3.8) is 0 Å². The van der Waals surface area contributed by atoms with Crippen molar-refractivity contribution in [3.05, 3.63) is 81.7 Å². The molecule has 8 heteroatoms. The quantitative estimate of drug-likeness (QED) is 0.407. The van der Waals surface area contributed by atoms with Crippen LogP contribution in [-0.4, -0.2) is 33.1 Å². The van der Waals surface area contributed by atoms with Gasteiger partial charge >= 0.3 is 0 Å². The molecule has 2 aromatic carbocycles. The summed E-state index contributed by atoms with van der Waals surface area (Å²) in [7, 11) is 4.70. The summed E-state index contributed by atoms with van der Waals surface area (Å²) < 4.78 is 15.9. The summed E-state index contributed by atoms with van der Waals surface area (Å²) >= 11 is 1.47. The maximum absolute atomic E-state index is 13.3. The number of methoxy groups -OCH3 is 3. The lowest BCUT2D eigenvalue weighted by Crippen LogP contribution is -2.36. The number of carbonyl (C=O) groups excluding carboxylic acids is 2. The minimum Gasteiger partial charge on any atom is -0.497 e. The standard InChI is InChI=1S/C26H28N2O5S/c1-5-21(18-10-13-23(32-3)24(15-18)33-4)27-26(30)22(16-20-7-6-14-34-20)28-25(29)17-8-11-19(31-2)12-9-17/h6-16,21H,5H2,1-4H3,(H,27,30)(H,28,29)/b22-16-. The zero-order valence-electron chi connectivity index (χ0n) is 19.6. The summed E-state index contributed by atoms with van der Waals surface area (Å²) in [5.41, 5.74) is 1.44. The Morgan fingerprint density at radius 2 is 1.71 bits per heavy atom. The number of thiophene rings is 1. The Morgan fingerprint density at radius 1 is 0.971 bits per heavy atom. The third kappa shape index (κ3) is 6.17. The van der Waals surface area contributed by atoms with Crippen LogP contribution in [0.15, 0.2) is 65.7 Å². The fraction of sp³-hybridized carbons (Fsp3) is 0.231. The molecule has 0 saturated heterocycles. The number of amides is 2. The van der Waals surface area contributed by atoms with Crippen molar-refractivity contribution >= 4 is 29.2 Å². The number of hydrogen-bond donors (Lipinski definition) is 2. The molecule has 1 atom stereocenters. The highest BCUT2D eigenvalue weighted by Gasteiger charge is 2.20. The molecule has 0 bridgehead atoms. The van der Waals surface area contributed by atoms with E-state index >= 15 is 0 Å². The lowest BCUT2D eigenvalue weighted by atomic mass is 10.0. The third-order valence-electron chi connectivity index (χ3n) is 5.20. The van der Waals surface area contributed by atoms with Crippen LogP contribution >= 0.6 is 11.3 Å². The topological polar surface area (TPSA) is 85.9 Å². The van der Waals surface area contributed by atoms with Crippen LogP contribution in [0.5, 0.6) is 17.2 Å². The van der Waals surface area contributed by atoms with Gasteiger partial charge in [0.15, 0.2) is 11.5 Å². The summed E-state index contributed by atoms with van der Waals surface area (Å²) in [5, 5.41) is 7.70. The van der Waals surface area contributed by atoms with Gasteiger partial charge in [0, 0.05) is 10.4 Å². The average Bonchev–Trinajstić information content (AvgIpc) is 3.39. The molecule has 0 fully saturated rings. The van der Waals surface area contributed by atoms with Gasteiger partial charge in [0.05, 0.1) is 27.4 Å². The molecule has 7 nitrogen and oxygen atoms in total. The first-order valence-corrected chi connectivity index (χ1v) is 11.6. The van der Waals surface area contributed by atoms with Gasteiger partial charge in [-0.3, -0.25) is 9.59 Å². The van der Waals surface area contributed by atoms with Crippen LogP contribution in [0.4, 0.5) is 0 Å². The van der Waals surface area contributed by atoms with Crippen LogP contribution in [-0.2, 0) is 4.79 Å². The van der Waals surface area contributed by atoms with Gasteiger partial charge < -0.3 is 24.8 Å². The Kier molecular flexibility index (Phi) is 8.70. The number of nitrogens with one attached hydrogen (secondary N) is 2. The molecule has 3 rings (SSSR count). The Bertz CT molecular complexity index is 1140. The summed E-state index contributed by atoms with van der Waals surface area (Å²) in [6.45, 7) is 1.97. The third-order valence-corrected chi connectivity index (χ3v) is 6.02. The zero-order chi connectivity index (χ0) is 24.5. The van der Waals surface area contributed by atoms with Crippen LogP contribution < -0.4 is 24.8 Å². The van der Waals surface area contributed by atoms with Gasteiger partial charge in [-0.15, -0.1) is 11.3 Å². The lowest BCUT2D eigenvalue weighted by molar-refractivity contribution is -0.118. The van der Waals surface area contributed by atoms with Crippen molar-refractivity contribution in [3.8, 4) is 17.2 Å². The SMILES string of the molecule is CCC(NC(=O)/C(=C/c1cccs1)NC(=O)c1ccc(OC)cc1)c1ccc(OC)c(OC)c1. The maximum Gasteiger partial charge on any atom is 0.268 e. The van der Waals surface area contributed by atoms with Gasteiger partial charge in [-0.05, 0) is 65.9 Å². The molecule has 0 aliphatic rings. The van der Waals surface area contributed by atoms with Crippen molar-refractivity contribution in [2.45, 2.75) is 19.4 Å². The van der Waals surface area contributed by atoms with Crippen LogP contribution in [0.2, 0.25) is 0 Å². The van der Waals surface area contributed by atoms with E-state index < -0.39 is 5.91 Å². The molecule has 0 radical (unpaired) electrons. The number of benzene rings is 2. The van der Waals surface area contributed by atoms with Crippen molar-refractivity contribution < 1.29 is 23.8 Å². The smallest absolute Gasteiger partial charge is 0.268 e. The van der Waals surface area contributed by atoms with E-state index in [1.54, 1.807) is 57.7 Å². The number of rotatable bonds is 10. The van der Waals surface area contributed by atoms with E-state index in [1.165, 1.54) is 11.3 Å². The highest BCUT2D eigenvalue weighted by atomic mass is 32.1. The van der Waals surface area contributed by atoms with Crippen LogP contribution in [0.1, 0.15) is 40.2 Å². The van der Waals surface area contributed by atoms with Gasteiger partial charge in [0.1, 0.15) is 11.4 Å². The molecule has 178 valence electrons. The highest BCUT2D eigenvalue weighted by molar-refractivity contribution is 7.10. The summed E-state index contributed by atoms with van der Waals surface area (Å²) in [6, 6.07) is 15.7. The summed E-state index contributed by atoms with van der Waals surface area (Å²) in [6.07, 6.45) is 2.31. The number of hydrogen-bond acceptors (Lipinski definition) is 6. The second kappa shape index (κ2) is 11.9. The normalized spacial score (nSPS) is 11.9. The molecule has 1 aromatic heterocycles. The van der Waals surface area contributed by atoms with E-state index in [-0.39, 0.29) is 17.6 Å². The van der Waals surface area contributed by atoms with Crippen molar-refractivity contribution in [2.75, 3.05) is 21.3 Å². The lowest BCUT2D eigenvalue weighted by Gasteiger charge is -2.20. The number of ether oxygens (including phenoxy) is 3. The maximum atomic E-state index is 13.3. The second-order valence-electron chi connectivity index (χ2n) is 7.30. The van der Waals surface area contributed by atoms with E-state index in [2.05, 4.69) is 10.6 Å². The fourth-order valence-electron chi connectivity index (χ4n) is 3.34. The van der Waals surface area contributed by atoms with Crippen LogP contribution in [0.25, 0.3) is 6.08 Å². The van der Waals surface area contributed by atoms with Gasteiger partial charge in [0.2, 0.25) is 0 Å². The van der Waals surface area contributed by atoms with Crippen LogP contribution in [0, 0.1) is 0 Å². The molecule has 1 heterocycles. The molecule has 0 aliphatic heterocycles. The van der Waals surface area contributed by atoms with E-state index in [0.29, 0.717) is 29.2 Å². The van der Waals surface area contributed by atoms with E-state index in [4.69, 9.17) is 14.2 Å².